The van der Waals surface area contributed by atoms with Crippen molar-refractivity contribution in [2.75, 3.05) is 6.54 Å². The third-order valence-electron chi connectivity index (χ3n) is 2.91. The highest BCUT2D eigenvalue weighted by molar-refractivity contribution is 5.69. The van der Waals surface area contributed by atoms with Crippen molar-refractivity contribution in [2.24, 2.45) is 0 Å². The fourth-order valence-corrected chi connectivity index (χ4v) is 1.96. The van der Waals surface area contributed by atoms with Crippen molar-refractivity contribution in [3.05, 3.63) is 36.4 Å². The molecule has 23 heavy (non-hydrogen) atoms. The number of aromatic nitrogens is 2. The molecule has 0 radical (unpaired) electrons. The number of hydrogen-bond donors (Lipinski definition) is 2. The van der Waals surface area contributed by atoms with Gasteiger partial charge in [0.2, 0.25) is 0 Å². The standard InChI is InChI=1S/C16H20FN3O3/c1-16(2,3)23-15(22)18-6-7-20-10-11(9-19-20)13-5-4-12(17)8-14(13)21/h4-5,8-10,21H,6-7H2,1-3H3,(H,18,22). The highest BCUT2D eigenvalue weighted by atomic mass is 19.1. The zero-order chi connectivity index (χ0) is 17.0. The molecule has 0 bridgehead atoms. The fourth-order valence-electron chi connectivity index (χ4n) is 1.96. The average molecular weight is 321 g/mol. The summed E-state index contributed by atoms with van der Waals surface area (Å²) in [5, 5.41) is 16.5. The van der Waals surface area contributed by atoms with E-state index in [0.29, 0.717) is 24.2 Å². The number of nitrogens with zero attached hydrogens (tertiary/aromatic N) is 2. The summed E-state index contributed by atoms with van der Waals surface area (Å²) in [5.74, 6) is -0.642. The van der Waals surface area contributed by atoms with Gasteiger partial charge in [-0.1, -0.05) is 0 Å². The average Bonchev–Trinajstić information content (AvgIpc) is 2.85. The van der Waals surface area contributed by atoms with E-state index in [2.05, 4.69) is 10.4 Å². The molecule has 0 saturated carbocycles. The quantitative estimate of drug-likeness (QED) is 0.908. The summed E-state index contributed by atoms with van der Waals surface area (Å²) in [6, 6.07) is 3.82. The number of ether oxygens (including phenoxy) is 1. The largest absolute Gasteiger partial charge is 0.507 e. The van der Waals surface area contributed by atoms with Gasteiger partial charge in [-0.15, -0.1) is 0 Å². The Bertz CT molecular complexity index is 692. The van der Waals surface area contributed by atoms with Crippen LogP contribution < -0.4 is 5.32 Å². The highest BCUT2D eigenvalue weighted by Crippen LogP contribution is 2.29. The Morgan fingerprint density at radius 3 is 2.83 bits per heavy atom. The number of phenolic OH excluding ortho intramolecular Hbond substituents is 1. The van der Waals surface area contributed by atoms with Crippen molar-refractivity contribution in [1.29, 1.82) is 0 Å². The van der Waals surface area contributed by atoms with E-state index in [4.69, 9.17) is 4.74 Å². The number of phenols is 1. The number of halogens is 1. The van der Waals surface area contributed by atoms with E-state index in [0.717, 1.165) is 6.07 Å². The number of benzene rings is 1. The van der Waals surface area contributed by atoms with Gasteiger partial charge < -0.3 is 15.2 Å². The number of nitrogens with one attached hydrogen (secondary N) is 1. The van der Waals surface area contributed by atoms with Crippen LogP contribution in [0.25, 0.3) is 11.1 Å². The van der Waals surface area contributed by atoms with Crippen LogP contribution in [0.15, 0.2) is 30.6 Å². The van der Waals surface area contributed by atoms with E-state index < -0.39 is 17.5 Å². The molecule has 2 aromatic rings. The number of alkyl carbamates (subject to hydrolysis) is 1. The summed E-state index contributed by atoms with van der Waals surface area (Å²) in [6.07, 6.45) is 2.80. The van der Waals surface area contributed by atoms with Crippen molar-refractivity contribution >= 4 is 6.09 Å². The van der Waals surface area contributed by atoms with E-state index in [9.17, 15) is 14.3 Å². The third kappa shape index (κ3) is 4.98. The summed E-state index contributed by atoms with van der Waals surface area (Å²) in [5.41, 5.74) is 0.626. The monoisotopic (exact) mass is 321 g/mol. The number of aromatic hydroxyl groups is 1. The van der Waals surface area contributed by atoms with Gasteiger partial charge in [0, 0.05) is 29.9 Å². The van der Waals surface area contributed by atoms with E-state index in [1.807, 2.05) is 0 Å². The summed E-state index contributed by atoms with van der Waals surface area (Å²) >= 11 is 0. The van der Waals surface area contributed by atoms with Crippen LogP contribution in [0.2, 0.25) is 0 Å². The second-order valence-corrected chi connectivity index (χ2v) is 6.08. The first-order chi connectivity index (χ1) is 10.7. The summed E-state index contributed by atoms with van der Waals surface area (Å²) in [6.45, 7) is 6.18. The minimum Gasteiger partial charge on any atom is -0.507 e. The topological polar surface area (TPSA) is 76.4 Å². The second-order valence-electron chi connectivity index (χ2n) is 6.08. The Balaban J connectivity index is 1.91. The zero-order valence-electron chi connectivity index (χ0n) is 13.3. The molecule has 0 atom stereocenters. The first-order valence-corrected chi connectivity index (χ1v) is 7.23. The molecule has 1 amide bonds. The van der Waals surface area contributed by atoms with Crippen molar-refractivity contribution < 1.29 is 19.0 Å². The van der Waals surface area contributed by atoms with Crippen molar-refractivity contribution in [2.45, 2.75) is 32.9 Å². The van der Waals surface area contributed by atoms with Gasteiger partial charge in [0.1, 0.15) is 17.2 Å². The Kier molecular flexibility index (Phi) is 4.88. The molecule has 1 aromatic carbocycles. The summed E-state index contributed by atoms with van der Waals surface area (Å²) in [7, 11) is 0. The predicted octanol–water partition coefficient (Wildman–Crippen LogP) is 2.92. The van der Waals surface area contributed by atoms with Crippen LogP contribution in [0.5, 0.6) is 5.75 Å². The smallest absolute Gasteiger partial charge is 0.407 e. The summed E-state index contributed by atoms with van der Waals surface area (Å²) < 4.78 is 19.7. The number of carbonyl (C=O) groups is 1. The van der Waals surface area contributed by atoms with E-state index in [1.165, 1.54) is 12.1 Å². The van der Waals surface area contributed by atoms with Crippen LogP contribution >= 0.6 is 0 Å². The van der Waals surface area contributed by atoms with Gasteiger partial charge in [-0.3, -0.25) is 4.68 Å². The number of amides is 1. The van der Waals surface area contributed by atoms with Crippen LogP contribution in [0, 0.1) is 5.82 Å². The van der Waals surface area contributed by atoms with Gasteiger partial charge in [-0.25, -0.2) is 9.18 Å². The molecule has 0 aliphatic heterocycles. The number of hydrogen-bond acceptors (Lipinski definition) is 4. The zero-order valence-corrected chi connectivity index (χ0v) is 13.3. The Morgan fingerprint density at radius 2 is 2.17 bits per heavy atom. The van der Waals surface area contributed by atoms with Crippen molar-refractivity contribution in [3.63, 3.8) is 0 Å². The Morgan fingerprint density at radius 1 is 1.43 bits per heavy atom. The van der Waals surface area contributed by atoms with Gasteiger partial charge >= 0.3 is 6.09 Å². The van der Waals surface area contributed by atoms with Crippen LogP contribution in [0.4, 0.5) is 9.18 Å². The Labute approximate surface area is 133 Å². The minimum atomic E-state index is -0.539. The van der Waals surface area contributed by atoms with Gasteiger partial charge in [0.05, 0.1) is 12.7 Å². The van der Waals surface area contributed by atoms with Crippen LogP contribution in [-0.2, 0) is 11.3 Å². The molecule has 0 saturated heterocycles. The molecule has 1 heterocycles. The predicted molar refractivity (Wildman–Crippen MR) is 83.5 cm³/mol. The lowest BCUT2D eigenvalue weighted by atomic mass is 10.1. The maximum absolute atomic E-state index is 13.0. The molecule has 1 aromatic heterocycles. The maximum Gasteiger partial charge on any atom is 0.407 e. The van der Waals surface area contributed by atoms with Crippen molar-refractivity contribution in [3.8, 4) is 16.9 Å². The van der Waals surface area contributed by atoms with Crippen LogP contribution in [0.1, 0.15) is 20.8 Å². The Hall–Kier alpha value is -2.57. The lowest BCUT2D eigenvalue weighted by Crippen LogP contribution is -2.34. The van der Waals surface area contributed by atoms with Crippen LogP contribution in [0.3, 0.4) is 0 Å². The van der Waals surface area contributed by atoms with Gasteiger partial charge in [0.25, 0.3) is 0 Å². The first-order valence-electron chi connectivity index (χ1n) is 7.23. The molecule has 0 aliphatic carbocycles. The SMILES string of the molecule is CC(C)(C)OC(=O)NCCn1cc(-c2ccc(F)cc2O)cn1. The normalized spacial score (nSPS) is 11.3. The molecule has 0 fully saturated rings. The van der Waals surface area contributed by atoms with Gasteiger partial charge in [-0.2, -0.15) is 5.10 Å². The molecule has 6 nitrogen and oxygen atoms in total. The molecular weight excluding hydrogens is 301 g/mol. The maximum atomic E-state index is 13.0. The number of carbonyl (C=O) groups excluding carboxylic acids is 1. The summed E-state index contributed by atoms with van der Waals surface area (Å²) in [4.78, 5) is 11.5. The van der Waals surface area contributed by atoms with E-state index >= 15 is 0 Å². The number of rotatable bonds is 4. The van der Waals surface area contributed by atoms with Gasteiger partial charge in [-0.05, 0) is 32.9 Å². The molecule has 2 N–H and O–H groups in total. The lowest BCUT2D eigenvalue weighted by molar-refractivity contribution is 0.0525. The fraction of sp³-hybridized carbons (Fsp3) is 0.375. The lowest BCUT2D eigenvalue weighted by Gasteiger charge is -2.19. The van der Waals surface area contributed by atoms with Crippen LogP contribution in [-0.4, -0.2) is 33.1 Å². The third-order valence-corrected chi connectivity index (χ3v) is 2.91. The molecule has 0 aliphatic rings. The van der Waals surface area contributed by atoms with Crippen molar-refractivity contribution in [1.82, 2.24) is 15.1 Å². The molecule has 7 heteroatoms. The molecule has 0 unspecified atom stereocenters. The van der Waals surface area contributed by atoms with E-state index in [1.54, 1.807) is 37.8 Å². The highest BCUT2D eigenvalue weighted by Gasteiger charge is 2.15. The molecule has 2 rings (SSSR count). The van der Waals surface area contributed by atoms with Gasteiger partial charge in [0.15, 0.2) is 0 Å². The minimum absolute atomic E-state index is 0.142. The second kappa shape index (κ2) is 6.68. The molecular formula is C16H20FN3O3. The molecule has 0 spiro atoms. The van der Waals surface area contributed by atoms with E-state index in [-0.39, 0.29) is 5.75 Å². The first kappa shape index (κ1) is 16.8. The molecule has 124 valence electrons.